The van der Waals surface area contributed by atoms with Crippen molar-refractivity contribution in [2.24, 2.45) is 0 Å². The quantitative estimate of drug-likeness (QED) is 0.632. The monoisotopic (exact) mass is 386 g/mol. The number of rotatable bonds is 0. The zero-order valence-corrected chi connectivity index (χ0v) is 11.4. The molecule has 3 nitrogen and oxygen atoms in total. The van der Waals surface area contributed by atoms with Crippen molar-refractivity contribution in [1.82, 2.24) is 0 Å². The molecule has 0 aliphatic rings. The maximum absolute atomic E-state index is 9.40. The van der Waals surface area contributed by atoms with Crippen LogP contribution in [-0.4, -0.2) is 12.8 Å². The summed E-state index contributed by atoms with van der Waals surface area (Å²) in [7, 11) is 0. The van der Waals surface area contributed by atoms with Gasteiger partial charge in [0, 0.05) is 0 Å². The molecule has 0 saturated carbocycles. The second kappa shape index (κ2) is 13.3. The van der Waals surface area contributed by atoms with E-state index in [2.05, 4.69) is 20.1 Å². The number of hydrogen-bond donors (Lipinski definition) is 0. The molecule has 0 unspecified atom stereocenters. The zero-order valence-electron chi connectivity index (χ0n) is 8.51. The van der Waals surface area contributed by atoms with Crippen LogP contribution in [0.1, 0.15) is 5.56 Å². The van der Waals surface area contributed by atoms with Crippen LogP contribution in [0.15, 0.2) is 36.9 Å². The summed E-state index contributed by atoms with van der Waals surface area (Å²) in [6.07, 6.45) is 0. The van der Waals surface area contributed by atoms with E-state index >= 15 is 0 Å². The SMILES string of the molecule is O=[C]=[W](=[C]=O)=[C]=O.[CH-]=C.[CH2-]c1ccccc1. The number of benzene rings is 1. The van der Waals surface area contributed by atoms with Crippen molar-refractivity contribution >= 4 is 12.8 Å². The van der Waals surface area contributed by atoms with Gasteiger partial charge in [-0.25, -0.2) is 0 Å². The minimum Gasteiger partial charge on any atom is -0.521 e. The average molecular weight is 386 g/mol. The van der Waals surface area contributed by atoms with Crippen LogP contribution in [0.25, 0.3) is 0 Å². The molecule has 0 bridgehead atoms. The summed E-state index contributed by atoms with van der Waals surface area (Å²) < 4.78 is 3.90. The van der Waals surface area contributed by atoms with Gasteiger partial charge in [0.1, 0.15) is 0 Å². The maximum Gasteiger partial charge on any atom is -0.0866 e. The van der Waals surface area contributed by atoms with Crippen LogP contribution in [-0.2, 0) is 30.3 Å². The molecule has 0 atom stereocenters. The Balaban J connectivity index is 0. The normalized spacial score (nSPS) is 6.25. The Morgan fingerprint density at radius 3 is 1.50 bits per heavy atom. The van der Waals surface area contributed by atoms with E-state index in [9.17, 15) is 14.4 Å². The van der Waals surface area contributed by atoms with Crippen LogP contribution in [0.4, 0.5) is 0 Å². The van der Waals surface area contributed by atoms with Crippen LogP contribution in [0.5, 0.6) is 0 Å². The first-order valence-electron chi connectivity index (χ1n) is 3.90. The fraction of sp³-hybridized carbons (Fsp3) is 0. The molecule has 0 aromatic heterocycles. The summed E-state index contributed by atoms with van der Waals surface area (Å²) in [5, 5.41) is 0. The van der Waals surface area contributed by atoms with Crippen LogP contribution >= 0.6 is 0 Å². The molecule has 1 aromatic rings. The van der Waals surface area contributed by atoms with E-state index in [4.69, 9.17) is 0 Å². The van der Waals surface area contributed by atoms with E-state index < -0.39 is 15.9 Å². The second-order valence-electron chi connectivity index (χ2n) is 2.04. The Labute approximate surface area is 99.1 Å². The third-order valence-electron chi connectivity index (χ3n) is 1.09. The molecule has 0 aliphatic heterocycles. The predicted octanol–water partition coefficient (Wildman–Crippen LogP) is 1.28. The Hall–Kier alpha value is -1.74. The first kappa shape index (κ1) is 16.7. The van der Waals surface area contributed by atoms with Crippen molar-refractivity contribution in [3.05, 3.63) is 56.0 Å². The molecule has 84 valence electrons. The largest absolute Gasteiger partial charge is 0.521 e. The Bertz CT molecular complexity index is 453. The van der Waals surface area contributed by atoms with Crippen molar-refractivity contribution in [2.75, 3.05) is 0 Å². The van der Waals surface area contributed by atoms with Crippen molar-refractivity contribution < 1.29 is 30.3 Å². The summed E-state index contributed by atoms with van der Waals surface area (Å²) in [6, 6.07) is 9.87. The van der Waals surface area contributed by atoms with Crippen molar-refractivity contribution in [1.29, 1.82) is 0 Å². The van der Waals surface area contributed by atoms with Gasteiger partial charge in [0.25, 0.3) is 0 Å². The number of hydrogen-bond acceptors (Lipinski definition) is 3. The summed E-state index contributed by atoms with van der Waals surface area (Å²) in [5.41, 5.74) is 1.07. The molecule has 0 fully saturated rings. The molecule has 4 heteroatoms. The molecule has 0 spiro atoms. The van der Waals surface area contributed by atoms with Gasteiger partial charge in [0.2, 0.25) is 0 Å². The Kier molecular flexibility index (Phi) is 13.8. The summed E-state index contributed by atoms with van der Waals surface area (Å²) >= 11 is -3.05. The smallest absolute Gasteiger partial charge is 0.0866 e. The van der Waals surface area contributed by atoms with E-state index in [-0.39, 0.29) is 0 Å². The standard InChI is InChI=1S/C7H7.C2H3.3CO.W/c1-7-5-3-2-4-6-7;4*1-2;/h2-6H,1H2;1H,2H2;;;;/q2*-1;;;;. The molecular weight excluding hydrogens is 376 g/mol. The van der Waals surface area contributed by atoms with Gasteiger partial charge in [-0.2, -0.15) is 24.6 Å². The Morgan fingerprint density at radius 2 is 1.38 bits per heavy atom. The molecule has 0 N–H and O–H groups in total. The minimum atomic E-state index is -3.05. The minimum absolute atomic E-state index is 1.07. The second-order valence-corrected chi connectivity index (χ2v) is 6.04. The third kappa shape index (κ3) is 10.3. The van der Waals surface area contributed by atoms with Gasteiger partial charge in [-0.05, 0) is 0 Å². The van der Waals surface area contributed by atoms with Gasteiger partial charge in [0.15, 0.2) is 0 Å². The van der Waals surface area contributed by atoms with Gasteiger partial charge in [0.05, 0.1) is 0 Å². The summed E-state index contributed by atoms with van der Waals surface area (Å²) in [6.45, 7) is 10.7. The summed E-state index contributed by atoms with van der Waals surface area (Å²) in [4.78, 5) is 28.2. The zero-order chi connectivity index (χ0) is 12.8. The molecule has 1 rings (SSSR count). The van der Waals surface area contributed by atoms with E-state index in [1.165, 1.54) is 12.8 Å². The maximum atomic E-state index is 9.40. The van der Waals surface area contributed by atoms with Gasteiger partial charge in [-0.15, -0.1) is 12.1 Å². The van der Waals surface area contributed by atoms with Crippen molar-refractivity contribution in [2.45, 2.75) is 0 Å². The van der Waals surface area contributed by atoms with E-state index in [0.29, 0.717) is 0 Å². The number of carbonyl (C=O) groups excluding carboxylic acids is 3. The average Bonchev–Trinajstić information content (AvgIpc) is 2.36. The van der Waals surface area contributed by atoms with Crippen LogP contribution in [0.3, 0.4) is 0 Å². The van der Waals surface area contributed by atoms with Crippen molar-refractivity contribution in [3.63, 3.8) is 0 Å². The molecule has 0 amide bonds. The van der Waals surface area contributed by atoms with Gasteiger partial charge < -0.3 is 6.58 Å². The predicted molar refractivity (Wildman–Crippen MR) is 57.9 cm³/mol. The molecule has 0 heterocycles. The molecule has 0 saturated heterocycles. The fourth-order valence-corrected chi connectivity index (χ4v) is 0.896. The van der Waals surface area contributed by atoms with Crippen LogP contribution in [0, 0.1) is 13.5 Å². The van der Waals surface area contributed by atoms with Gasteiger partial charge in [-0.3, -0.25) is 6.58 Å². The summed E-state index contributed by atoms with van der Waals surface area (Å²) in [5.74, 6) is 0. The first-order valence-corrected chi connectivity index (χ1v) is 8.30. The molecule has 0 radical (unpaired) electrons. The van der Waals surface area contributed by atoms with Crippen LogP contribution < -0.4 is 0 Å². The van der Waals surface area contributed by atoms with Gasteiger partial charge >= 0.3 is 43.1 Å². The molecule has 16 heavy (non-hydrogen) atoms. The van der Waals surface area contributed by atoms with E-state index in [1.54, 1.807) is 0 Å². The first-order chi connectivity index (χ1) is 7.74. The topological polar surface area (TPSA) is 51.2 Å². The van der Waals surface area contributed by atoms with E-state index in [1.807, 2.05) is 30.3 Å². The van der Waals surface area contributed by atoms with E-state index in [0.717, 1.165) is 5.56 Å². The van der Waals surface area contributed by atoms with Gasteiger partial charge in [-0.1, -0.05) is 6.07 Å². The molecule has 0 aliphatic carbocycles. The Morgan fingerprint density at radius 1 is 1.00 bits per heavy atom. The fourth-order valence-electron chi connectivity index (χ4n) is 0.529. The van der Waals surface area contributed by atoms with Crippen molar-refractivity contribution in [3.8, 4) is 0 Å². The third-order valence-corrected chi connectivity index (χ3v) is 2.89. The van der Waals surface area contributed by atoms with Crippen LogP contribution in [0.2, 0.25) is 0 Å². The molecular formula is C12H10O3W-2. The molecule has 1 aromatic carbocycles.